The number of nitrogens with one attached hydrogen (secondary N) is 2. The van der Waals surface area contributed by atoms with Gasteiger partial charge in [-0.05, 0) is 59.1 Å². The molecule has 0 aromatic heterocycles. The largest absolute Gasteiger partial charge is 0.368 e. The third-order valence-electron chi connectivity index (χ3n) is 4.72. The van der Waals surface area contributed by atoms with Gasteiger partial charge in [0.2, 0.25) is 5.91 Å². The van der Waals surface area contributed by atoms with E-state index in [1.807, 2.05) is 18.2 Å². The Bertz CT molecular complexity index is 837. The number of nitrogens with two attached hydrogens (primary N) is 1. The second-order valence-electron chi connectivity index (χ2n) is 6.78. The van der Waals surface area contributed by atoms with Crippen LogP contribution in [0.2, 0.25) is 0 Å². The van der Waals surface area contributed by atoms with E-state index in [1.54, 1.807) is 12.1 Å². The van der Waals surface area contributed by atoms with Crippen LogP contribution >= 0.6 is 15.9 Å². The SMILES string of the molecule is CCNC(=NCc1ccc(C(N)=O)cc1)NC1CCN(c2ccccc2Br)C1. The zero-order valence-corrected chi connectivity index (χ0v) is 17.6. The van der Waals surface area contributed by atoms with Crippen molar-refractivity contribution in [1.29, 1.82) is 0 Å². The molecule has 0 bridgehead atoms. The molecule has 1 heterocycles. The van der Waals surface area contributed by atoms with E-state index in [9.17, 15) is 4.79 Å². The first-order chi connectivity index (χ1) is 13.6. The predicted molar refractivity (Wildman–Crippen MR) is 118 cm³/mol. The van der Waals surface area contributed by atoms with Crippen molar-refractivity contribution in [2.75, 3.05) is 24.5 Å². The lowest BCUT2D eigenvalue weighted by molar-refractivity contribution is 0.100. The molecule has 0 aliphatic carbocycles. The van der Waals surface area contributed by atoms with Crippen LogP contribution in [0.5, 0.6) is 0 Å². The molecular weight excluding hydrogens is 418 g/mol. The summed E-state index contributed by atoms with van der Waals surface area (Å²) in [5, 5.41) is 6.86. The van der Waals surface area contributed by atoms with Gasteiger partial charge in [0.25, 0.3) is 0 Å². The number of carbonyl (C=O) groups excluding carboxylic acids is 1. The first kappa shape index (κ1) is 20.2. The van der Waals surface area contributed by atoms with Gasteiger partial charge in [0.1, 0.15) is 0 Å². The Hall–Kier alpha value is -2.54. The smallest absolute Gasteiger partial charge is 0.248 e. The molecule has 1 aliphatic rings. The van der Waals surface area contributed by atoms with Crippen LogP contribution in [0.4, 0.5) is 5.69 Å². The van der Waals surface area contributed by atoms with Gasteiger partial charge in [0, 0.05) is 35.7 Å². The number of benzene rings is 2. The Morgan fingerprint density at radius 3 is 2.68 bits per heavy atom. The summed E-state index contributed by atoms with van der Waals surface area (Å²) in [5.74, 6) is 0.390. The number of primary amides is 1. The van der Waals surface area contributed by atoms with Crippen molar-refractivity contribution in [1.82, 2.24) is 10.6 Å². The summed E-state index contributed by atoms with van der Waals surface area (Å²) < 4.78 is 1.12. The van der Waals surface area contributed by atoms with E-state index in [0.717, 1.165) is 42.1 Å². The minimum Gasteiger partial charge on any atom is -0.368 e. The maximum Gasteiger partial charge on any atom is 0.248 e. The van der Waals surface area contributed by atoms with Gasteiger partial charge in [-0.1, -0.05) is 24.3 Å². The van der Waals surface area contributed by atoms with Crippen LogP contribution in [-0.2, 0) is 6.54 Å². The zero-order chi connectivity index (χ0) is 19.9. The normalized spacial score (nSPS) is 16.9. The van der Waals surface area contributed by atoms with E-state index in [0.29, 0.717) is 18.2 Å². The van der Waals surface area contributed by atoms with Crippen molar-refractivity contribution in [2.24, 2.45) is 10.7 Å². The average molecular weight is 444 g/mol. The van der Waals surface area contributed by atoms with E-state index in [4.69, 9.17) is 5.73 Å². The molecule has 148 valence electrons. The molecule has 0 radical (unpaired) electrons. The summed E-state index contributed by atoms with van der Waals surface area (Å²) in [7, 11) is 0. The molecule has 4 N–H and O–H groups in total. The number of rotatable bonds is 6. The first-order valence-corrected chi connectivity index (χ1v) is 10.3. The van der Waals surface area contributed by atoms with Crippen molar-refractivity contribution in [2.45, 2.75) is 25.9 Å². The predicted octanol–water partition coefficient (Wildman–Crippen LogP) is 2.88. The van der Waals surface area contributed by atoms with Crippen molar-refractivity contribution >= 4 is 33.5 Å². The fourth-order valence-corrected chi connectivity index (χ4v) is 3.80. The van der Waals surface area contributed by atoms with Crippen LogP contribution < -0.4 is 21.3 Å². The number of nitrogens with zero attached hydrogens (tertiary/aromatic N) is 2. The highest BCUT2D eigenvalue weighted by Gasteiger charge is 2.24. The molecule has 1 fully saturated rings. The molecule has 1 atom stereocenters. The number of anilines is 1. The Balaban J connectivity index is 1.60. The van der Waals surface area contributed by atoms with Crippen molar-refractivity contribution in [3.63, 3.8) is 0 Å². The number of amides is 1. The minimum absolute atomic E-state index is 0.335. The lowest BCUT2D eigenvalue weighted by Gasteiger charge is -2.21. The highest BCUT2D eigenvalue weighted by atomic mass is 79.9. The van der Waals surface area contributed by atoms with Crippen molar-refractivity contribution in [3.8, 4) is 0 Å². The van der Waals surface area contributed by atoms with E-state index in [1.165, 1.54) is 5.69 Å². The fraction of sp³-hybridized carbons (Fsp3) is 0.333. The van der Waals surface area contributed by atoms with E-state index >= 15 is 0 Å². The van der Waals surface area contributed by atoms with Crippen LogP contribution in [-0.4, -0.2) is 37.5 Å². The molecule has 1 aliphatic heterocycles. The highest BCUT2D eigenvalue weighted by molar-refractivity contribution is 9.10. The summed E-state index contributed by atoms with van der Waals surface area (Å²) >= 11 is 3.64. The van der Waals surface area contributed by atoms with Gasteiger partial charge in [-0.2, -0.15) is 0 Å². The Morgan fingerprint density at radius 1 is 1.25 bits per heavy atom. The third-order valence-corrected chi connectivity index (χ3v) is 5.40. The maximum absolute atomic E-state index is 11.2. The molecular formula is C21H26BrN5O. The number of para-hydroxylation sites is 1. The lowest BCUT2D eigenvalue weighted by Crippen LogP contribution is -2.44. The summed E-state index contributed by atoms with van der Waals surface area (Å²) in [4.78, 5) is 18.2. The Kier molecular flexibility index (Phi) is 6.92. The van der Waals surface area contributed by atoms with Crippen LogP contribution in [0.3, 0.4) is 0 Å². The standard InChI is InChI=1S/C21H26BrN5O/c1-2-24-21(25-13-15-7-9-16(10-8-15)20(23)28)26-17-11-12-27(14-17)19-6-4-3-5-18(19)22/h3-10,17H,2,11-14H2,1H3,(H2,23,28)(H2,24,25,26). The molecule has 0 spiro atoms. The van der Waals surface area contributed by atoms with E-state index in [2.05, 4.69) is 61.6 Å². The molecule has 0 saturated carbocycles. The molecule has 3 rings (SSSR count). The van der Waals surface area contributed by atoms with Gasteiger partial charge in [-0.25, -0.2) is 4.99 Å². The number of hydrogen-bond donors (Lipinski definition) is 3. The molecule has 2 aromatic rings. The average Bonchev–Trinajstić information content (AvgIpc) is 3.15. The van der Waals surface area contributed by atoms with Crippen molar-refractivity contribution in [3.05, 3.63) is 64.1 Å². The zero-order valence-electron chi connectivity index (χ0n) is 16.0. The van der Waals surface area contributed by atoms with Crippen LogP contribution in [0.1, 0.15) is 29.3 Å². The monoisotopic (exact) mass is 443 g/mol. The quantitative estimate of drug-likeness (QED) is 0.473. The summed E-state index contributed by atoms with van der Waals surface area (Å²) in [5.41, 5.74) is 8.05. The summed E-state index contributed by atoms with van der Waals surface area (Å²) in [6.45, 7) is 5.33. The molecule has 1 amide bonds. The second-order valence-corrected chi connectivity index (χ2v) is 7.64. The molecule has 1 unspecified atom stereocenters. The molecule has 7 heteroatoms. The van der Waals surface area contributed by atoms with Gasteiger partial charge in [0.05, 0.1) is 12.2 Å². The minimum atomic E-state index is -0.416. The molecule has 28 heavy (non-hydrogen) atoms. The van der Waals surface area contributed by atoms with Gasteiger partial charge in [-0.15, -0.1) is 0 Å². The first-order valence-electron chi connectivity index (χ1n) is 9.50. The number of carbonyl (C=O) groups is 1. The number of guanidine groups is 1. The summed E-state index contributed by atoms with van der Waals surface area (Å²) in [6.07, 6.45) is 1.05. The number of halogens is 1. The van der Waals surface area contributed by atoms with Crippen LogP contribution in [0.25, 0.3) is 0 Å². The second kappa shape index (κ2) is 9.59. The van der Waals surface area contributed by atoms with Crippen LogP contribution in [0, 0.1) is 0 Å². The maximum atomic E-state index is 11.2. The third kappa shape index (κ3) is 5.25. The topological polar surface area (TPSA) is 82.7 Å². The molecule has 6 nitrogen and oxygen atoms in total. The molecule has 1 saturated heterocycles. The number of hydrogen-bond acceptors (Lipinski definition) is 3. The van der Waals surface area contributed by atoms with Crippen molar-refractivity contribution < 1.29 is 4.79 Å². The van der Waals surface area contributed by atoms with Gasteiger partial charge >= 0.3 is 0 Å². The lowest BCUT2D eigenvalue weighted by atomic mass is 10.1. The van der Waals surface area contributed by atoms with Gasteiger partial charge < -0.3 is 21.3 Å². The van der Waals surface area contributed by atoms with Gasteiger partial charge in [-0.3, -0.25) is 4.79 Å². The van der Waals surface area contributed by atoms with E-state index in [-0.39, 0.29) is 0 Å². The summed E-state index contributed by atoms with van der Waals surface area (Å²) in [6, 6.07) is 15.9. The highest BCUT2D eigenvalue weighted by Crippen LogP contribution is 2.28. The Labute approximate surface area is 174 Å². The number of aliphatic imine (C=N–C) groups is 1. The van der Waals surface area contributed by atoms with Crippen LogP contribution in [0.15, 0.2) is 58.0 Å². The van der Waals surface area contributed by atoms with E-state index < -0.39 is 5.91 Å². The fourth-order valence-electron chi connectivity index (χ4n) is 3.26. The van der Waals surface area contributed by atoms with Gasteiger partial charge in [0.15, 0.2) is 5.96 Å². The Morgan fingerprint density at radius 2 is 2.00 bits per heavy atom. The molecule has 2 aromatic carbocycles.